The molecule has 1 heterocycles. The number of hydrogen-bond acceptors (Lipinski definition) is 1. The van der Waals surface area contributed by atoms with Crippen LogP contribution in [0.25, 0.3) is 0 Å². The molecule has 1 aromatic carbocycles. The van der Waals surface area contributed by atoms with Gasteiger partial charge in [-0.2, -0.15) is 0 Å². The number of benzene rings is 1. The normalized spacial score (nSPS) is 17.0. The second-order valence-corrected chi connectivity index (χ2v) is 5.95. The van der Waals surface area contributed by atoms with Gasteiger partial charge in [-0.1, -0.05) is 26.8 Å². The molecule has 0 N–H and O–H groups in total. The van der Waals surface area contributed by atoms with E-state index in [1.165, 1.54) is 19.3 Å². The van der Waals surface area contributed by atoms with Crippen molar-refractivity contribution in [1.82, 2.24) is 0 Å². The third-order valence-electron chi connectivity index (χ3n) is 4.29. The van der Waals surface area contributed by atoms with Gasteiger partial charge < -0.3 is 4.90 Å². The summed E-state index contributed by atoms with van der Waals surface area (Å²) in [4.78, 5) is 2.30. The van der Waals surface area contributed by atoms with E-state index in [0.29, 0.717) is 0 Å². The predicted octanol–water partition coefficient (Wildman–Crippen LogP) is 4.50. The average molecular weight is 249 g/mol. The van der Waals surface area contributed by atoms with Crippen LogP contribution in [0.2, 0.25) is 0 Å². The van der Waals surface area contributed by atoms with Crippen molar-refractivity contribution in [3.8, 4) is 0 Å². The highest BCUT2D eigenvalue weighted by atomic mass is 19.1. The summed E-state index contributed by atoms with van der Waals surface area (Å²) in [7, 11) is 0. The summed E-state index contributed by atoms with van der Waals surface area (Å²) in [5.74, 6) is -0.0510. The zero-order valence-corrected chi connectivity index (χ0v) is 11.8. The topological polar surface area (TPSA) is 3.24 Å². The molecule has 100 valence electrons. The van der Waals surface area contributed by atoms with E-state index < -0.39 is 0 Å². The van der Waals surface area contributed by atoms with Gasteiger partial charge in [0.25, 0.3) is 0 Å². The van der Waals surface area contributed by atoms with Crippen LogP contribution < -0.4 is 4.90 Å². The number of halogens is 1. The Labute approximate surface area is 110 Å². The predicted molar refractivity (Wildman–Crippen MR) is 75.8 cm³/mol. The Morgan fingerprint density at radius 1 is 1.17 bits per heavy atom. The molecular weight excluding hydrogens is 225 g/mol. The molecule has 0 unspecified atom stereocenters. The lowest BCUT2D eigenvalue weighted by atomic mass is 9.82. The Balaban J connectivity index is 2.24. The van der Waals surface area contributed by atoms with E-state index in [4.69, 9.17) is 0 Å². The Hall–Kier alpha value is -1.05. The van der Waals surface area contributed by atoms with E-state index in [1.54, 1.807) is 6.07 Å². The van der Waals surface area contributed by atoms with Gasteiger partial charge in [0.1, 0.15) is 5.82 Å². The molecule has 1 nitrogen and oxygen atoms in total. The van der Waals surface area contributed by atoms with Gasteiger partial charge in [0.15, 0.2) is 0 Å². The lowest BCUT2D eigenvalue weighted by Gasteiger charge is -2.30. The summed E-state index contributed by atoms with van der Waals surface area (Å²) in [6, 6.07) is 5.78. The molecule has 0 aliphatic carbocycles. The van der Waals surface area contributed by atoms with Crippen LogP contribution in [-0.4, -0.2) is 13.1 Å². The van der Waals surface area contributed by atoms with Crippen molar-refractivity contribution in [2.45, 2.75) is 51.9 Å². The SMILES string of the molecule is CCC(C)(C)c1ccc(N2CCCCC2)cc1F. The Bertz CT molecular complexity index is 406. The highest BCUT2D eigenvalue weighted by Gasteiger charge is 2.23. The standard InChI is InChI=1S/C16H24FN/c1-4-16(2,3)14-9-8-13(12-15(14)17)18-10-6-5-7-11-18/h8-9,12H,4-7,10-11H2,1-3H3. The minimum absolute atomic E-state index is 0.0510. The molecule has 0 radical (unpaired) electrons. The van der Waals surface area contributed by atoms with Crippen molar-refractivity contribution in [2.24, 2.45) is 0 Å². The maximum absolute atomic E-state index is 14.3. The zero-order valence-electron chi connectivity index (χ0n) is 11.8. The highest BCUT2D eigenvalue weighted by molar-refractivity contribution is 5.49. The second kappa shape index (κ2) is 5.29. The Kier molecular flexibility index (Phi) is 3.94. The van der Waals surface area contributed by atoms with Crippen LogP contribution in [0.15, 0.2) is 18.2 Å². The molecule has 0 atom stereocenters. The fourth-order valence-electron chi connectivity index (χ4n) is 2.59. The molecule has 0 spiro atoms. The largest absolute Gasteiger partial charge is 0.371 e. The fourth-order valence-corrected chi connectivity index (χ4v) is 2.59. The van der Waals surface area contributed by atoms with Gasteiger partial charge >= 0.3 is 0 Å². The quantitative estimate of drug-likeness (QED) is 0.762. The smallest absolute Gasteiger partial charge is 0.129 e. The Morgan fingerprint density at radius 3 is 2.39 bits per heavy atom. The van der Waals surface area contributed by atoms with Gasteiger partial charge in [0.05, 0.1) is 0 Å². The minimum atomic E-state index is -0.0789. The maximum Gasteiger partial charge on any atom is 0.129 e. The van der Waals surface area contributed by atoms with Crippen LogP contribution in [0.3, 0.4) is 0 Å². The second-order valence-electron chi connectivity index (χ2n) is 5.95. The Morgan fingerprint density at radius 2 is 1.83 bits per heavy atom. The summed E-state index contributed by atoms with van der Waals surface area (Å²) in [6.45, 7) is 8.45. The molecule has 0 saturated carbocycles. The van der Waals surface area contributed by atoms with Crippen molar-refractivity contribution in [3.63, 3.8) is 0 Å². The van der Waals surface area contributed by atoms with Gasteiger partial charge in [-0.25, -0.2) is 4.39 Å². The number of piperidine rings is 1. The van der Waals surface area contributed by atoms with E-state index in [9.17, 15) is 4.39 Å². The van der Waals surface area contributed by atoms with Crippen LogP contribution in [0.4, 0.5) is 10.1 Å². The molecule has 0 aromatic heterocycles. The molecule has 18 heavy (non-hydrogen) atoms. The maximum atomic E-state index is 14.3. The first-order valence-corrected chi connectivity index (χ1v) is 7.09. The summed E-state index contributed by atoms with van der Waals surface area (Å²) < 4.78 is 14.3. The van der Waals surface area contributed by atoms with Crippen molar-refractivity contribution in [3.05, 3.63) is 29.6 Å². The fraction of sp³-hybridized carbons (Fsp3) is 0.625. The van der Waals surface area contributed by atoms with Gasteiger partial charge in [0.2, 0.25) is 0 Å². The zero-order chi connectivity index (χ0) is 13.2. The van der Waals surface area contributed by atoms with Crippen LogP contribution in [0, 0.1) is 5.82 Å². The highest BCUT2D eigenvalue weighted by Crippen LogP contribution is 2.31. The molecule has 2 heteroatoms. The minimum Gasteiger partial charge on any atom is -0.371 e. The number of nitrogens with zero attached hydrogens (tertiary/aromatic N) is 1. The van der Waals surface area contributed by atoms with E-state index in [-0.39, 0.29) is 11.2 Å². The van der Waals surface area contributed by atoms with E-state index in [2.05, 4.69) is 31.7 Å². The molecule has 1 saturated heterocycles. The third kappa shape index (κ3) is 2.68. The average Bonchev–Trinajstić information content (AvgIpc) is 2.39. The van der Waals surface area contributed by atoms with E-state index in [0.717, 1.165) is 30.8 Å². The summed E-state index contributed by atoms with van der Waals surface area (Å²) in [6.07, 6.45) is 4.71. The van der Waals surface area contributed by atoms with Gasteiger partial charge in [-0.15, -0.1) is 0 Å². The van der Waals surface area contributed by atoms with Crippen LogP contribution in [-0.2, 0) is 5.41 Å². The molecule has 1 fully saturated rings. The molecule has 2 rings (SSSR count). The first-order valence-electron chi connectivity index (χ1n) is 7.09. The van der Waals surface area contributed by atoms with Gasteiger partial charge in [-0.05, 0) is 48.8 Å². The van der Waals surface area contributed by atoms with Crippen molar-refractivity contribution in [1.29, 1.82) is 0 Å². The summed E-state index contributed by atoms with van der Waals surface area (Å²) in [5, 5.41) is 0. The monoisotopic (exact) mass is 249 g/mol. The van der Waals surface area contributed by atoms with Crippen LogP contribution >= 0.6 is 0 Å². The van der Waals surface area contributed by atoms with Crippen LogP contribution in [0.1, 0.15) is 52.0 Å². The number of rotatable bonds is 3. The van der Waals surface area contributed by atoms with Gasteiger partial charge in [-0.3, -0.25) is 0 Å². The summed E-state index contributed by atoms with van der Waals surface area (Å²) >= 11 is 0. The third-order valence-corrected chi connectivity index (χ3v) is 4.29. The molecule has 0 amide bonds. The summed E-state index contributed by atoms with van der Waals surface area (Å²) in [5.41, 5.74) is 1.80. The van der Waals surface area contributed by atoms with Crippen LogP contribution in [0.5, 0.6) is 0 Å². The van der Waals surface area contributed by atoms with Crippen molar-refractivity contribution >= 4 is 5.69 Å². The molecule has 1 aromatic rings. The van der Waals surface area contributed by atoms with Crippen molar-refractivity contribution < 1.29 is 4.39 Å². The molecule has 1 aliphatic rings. The molecule has 1 aliphatic heterocycles. The molecular formula is C16H24FN. The van der Waals surface area contributed by atoms with Crippen molar-refractivity contribution in [2.75, 3.05) is 18.0 Å². The van der Waals surface area contributed by atoms with Gasteiger partial charge in [0, 0.05) is 18.8 Å². The first-order chi connectivity index (χ1) is 8.54. The van der Waals surface area contributed by atoms with E-state index in [1.807, 2.05) is 6.07 Å². The number of anilines is 1. The molecule has 0 bridgehead atoms. The lowest BCUT2D eigenvalue weighted by Crippen LogP contribution is -2.29. The van der Waals surface area contributed by atoms with E-state index >= 15 is 0 Å². The number of hydrogen-bond donors (Lipinski definition) is 0. The first kappa shape index (κ1) is 13.4. The lowest BCUT2D eigenvalue weighted by molar-refractivity contribution is 0.469.